The van der Waals surface area contributed by atoms with Gasteiger partial charge in [-0.25, -0.2) is 0 Å². The summed E-state index contributed by atoms with van der Waals surface area (Å²) in [6, 6.07) is 23.1. The normalized spacial score (nSPS) is 15.5. The van der Waals surface area contributed by atoms with E-state index < -0.39 is 0 Å². The SMILES string of the molecule is COc1cc(C)c([C@H](C)NC(=O)c2ccc(CN3CCC(Cc4ccccc4)CC3)cc2)cc1C(C)C. The number of carbonyl (C=O) groups excluding carboxylic acids is 1. The number of piperidine rings is 1. The van der Waals surface area contributed by atoms with Gasteiger partial charge >= 0.3 is 0 Å². The molecular formula is C33H42N2O2. The van der Waals surface area contributed by atoms with E-state index in [0.29, 0.717) is 11.5 Å². The predicted molar refractivity (Wildman–Crippen MR) is 152 cm³/mol. The van der Waals surface area contributed by atoms with Crippen molar-refractivity contribution in [1.82, 2.24) is 10.2 Å². The average Bonchev–Trinajstić information content (AvgIpc) is 2.90. The Bertz CT molecular complexity index is 1160. The molecule has 0 bridgehead atoms. The van der Waals surface area contributed by atoms with E-state index >= 15 is 0 Å². The minimum Gasteiger partial charge on any atom is -0.496 e. The predicted octanol–water partition coefficient (Wildman–Crippen LogP) is 7.07. The van der Waals surface area contributed by atoms with Gasteiger partial charge in [0.15, 0.2) is 0 Å². The number of nitrogens with zero attached hydrogens (tertiary/aromatic N) is 1. The third-order valence-corrected chi connectivity index (χ3v) is 7.75. The first-order chi connectivity index (χ1) is 17.8. The minimum atomic E-state index is -0.0900. The Balaban J connectivity index is 1.30. The van der Waals surface area contributed by atoms with Crippen LogP contribution >= 0.6 is 0 Å². The molecule has 196 valence electrons. The number of carbonyl (C=O) groups is 1. The smallest absolute Gasteiger partial charge is 0.251 e. The second-order valence-electron chi connectivity index (χ2n) is 10.9. The van der Waals surface area contributed by atoms with Crippen molar-refractivity contribution in [2.75, 3.05) is 20.2 Å². The highest BCUT2D eigenvalue weighted by Gasteiger charge is 2.20. The largest absolute Gasteiger partial charge is 0.496 e. The van der Waals surface area contributed by atoms with Crippen LogP contribution in [0.4, 0.5) is 0 Å². The van der Waals surface area contributed by atoms with Crippen molar-refractivity contribution in [3.8, 4) is 5.75 Å². The second kappa shape index (κ2) is 12.4. The summed E-state index contributed by atoms with van der Waals surface area (Å²) in [5.41, 5.74) is 6.83. The molecule has 3 aromatic rings. The fraction of sp³-hybridized carbons (Fsp3) is 0.424. The zero-order valence-corrected chi connectivity index (χ0v) is 23.1. The first-order valence-electron chi connectivity index (χ1n) is 13.7. The number of likely N-dealkylation sites (tertiary alicyclic amines) is 1. The lowest BCUT2D eigenvalue weighted by atomic mass is 9.90. The van der Waals surface area contributed by atoms with Crippen molar-refractivity contribution in [1.29, 1.82) is 0 Å². The molecule has 1 amide bonds. The average molecular weight is 499 g/mol. The highest BCUT2D eigenvalue weighted by atomic mass is 16.5. The summed E-state index contributed by atoms with van der Waals surface area (Å²) in [6.45, 7) is 11.7. The number of amides is 1. The van der Waals surface area contributed by atoms with Gasteiger partial charge in [0.25, 0.3) is 5.91 Å². The second-order valence-corrected chi connectivity index (χ2v) is 10.9. The van der Waals surface area contributed by atoms with Crippen molar-refractivity contribution in [3.05, 3.63) is 100 Å². The van der Waals surface area contributed by atoms with Gasteiger partial charge < -0.3 is 10.1 Å². The molecule has 0 unspecified atom stereocenters. The van der Waals surface area contributed by atoms with Crippen LogP contribution in [0.1, 0.15) is 83.7 Å². The molecule has 1 fully saturated rings. The lowest BCUT2D eigenvalue weighted by Gasteiger charge is -2.32. The van der Waals surface area contributed by atoms with Gasteiger partial charge in [0.2, 0.25) is 0 Å². The molecule has 1 saturated heterocycles. The molecule has 4 heteroatoms. The van der Waals surface area contributed by atoms with E-state index in [1.165, 1.54) is 30.4 Å². The van der Waals surface area contributed by atoms with Gasteiger partial charge in [-0.3, -0.25) is 9.69 Å². The molecule has 0 aliphatic carbocycles. The Morgan fingerprint density at radius 2 is 1.62 bits per heavy atom. The van der Waals surface area contributed by atoms with E-state index in [0.717, 1.165) is 48.0 Å². The number of rotatable bonds is 9. The van der Waals surface area contributed by atoms with E-state index in [2.05, 4.69) is 85.6 Å². The van der Waals surface area contributed by atoms with Crippen LogP contribution in [0.15, 0.2) is 66.7 Å². The van der Waals surface area contributed by atoms with E-state index in [-0.39, 0.29) is 11.9 Å². The fourth-order valence-electron chi connectivity index (χ4n) is 5.48. The summed E-state index contributed by atoms with van der Waals surface area (Å²) in [5.74, 6) is 1.99. The number of hydrogen-bond donors (Lipinski definition) is 1. The molecule has 1 N–H and O–H groups in total. The van der Waals surface area contributed by atoms with Gasteiger partial charge in [-0.1, -0.05) is 56.3 Å². The molecule has 1 aliphatic rings. The van der Waals surface area contributed by atoms with Gasteiger partial charge in [0, 0.05) is 12.1 Å². The highest BCUT2D eigenvalue weighted by Crippen LogP contribution is 2.32. The third-order valence-electron chi connectivity index (χ3n) is 7.75. The van der Waals surface area contributed by atoms with Crippen LogP contribution in [0, 0.1) is 12.8 Å². The standard InChI is InChI=1S/C33H42N2O2/c1-23(2)30-21-31(24(3)19-32(30)37-5)25(4)34-33(36)29-13-11-28(12-14-29)22-35-17-15-27(16-18-35)20-26-9-7-6-8-10-26/h6-14,19,21,23,25,27H,15-18,20,22H2,1-5H3,(H,34,36)/t25-/m0/s1. The number of ether oxygens (including phenoxy) is 1. The molecule has 4 nitrogen and oxygen atoms in total. The Morgan fingerprint density at radius 1 is 0.946 bits per heavy atom. The topological polar surface area (TPSA) is 41.6 Å². The van der Waals surface area contributed by atoms with Crippen LogP contribution in [0.2, 0.25) is 0 Å². The van der Waals surface area contributed by atoms with Crippen LogP contribution in [0.3, 0.4) is 0 Å². The van der Waals surface area contributed by atoms with E-state index in [1.54, 1.807) is 7.11 Å². The van der Waals surface area contributed by atoms with Gasteiger partial charge in [0.1, 0.15) is 5.75 Å². The molecule has 0 spiro atoms. The number of benzene rings is 3. The summed E-state index contributed by atoms with van der Waals surface area (Å²) in [4.78, 5) is 15.6. The quantitative estimate of drug-likeness (QED) is 0.343. The van der Waals surface area contributed by atoms with E-state index in [1.807, 2.05) is 19.1 Å². The third kappa shape index (κ3) is 7.01. The molecule has 3 aromatic carbocycles. The van der Waals surface area contributed by atoms with Crippen LogP contribution in [-0.4, -0.2) is 31.0 Å². The van der Waals surface area contributed by atoms with Crippen LogP contribution in [-0.2, 0) is 13.0 Å². The molecular weight excluding hydrogens is 456 g/mol. The maximum atomic E-state index is 13.0. The van der Waals surface area contributed by atoms with E-state index in [4.69, 9.17) is 4.74 Å². The van der Waals surface area contributed by atoms with Gasteiger partial charge in [-0.05, 0) is 110 Å². The molecule has 0 aromatic heterocycles. The Labute approximate surface area is 223 Å². The van der Waals surface area contributed by atoms with Crippen molar-refractivity contribution in [3.63, 3.8) is 0 Å². The van der Waals surface area contributed by atoms with Crippen molar-refractivity contribution >= 4 is 5.91 Å². The summed E-state index contributed by atoms with van der Waals surface area (Å²) in [7, 11) is 1.71. The summed E-state index contributed by atoms with van der Waals surface area (Å²) in [5, 5.41) is 3.19. The van der Waals surface area contributed by atoms with Crippen molar-refractivity contribution in [2.45, 2.75) is 65.5 Å². The van der Waals surface area contributed by atoms with E-state index in [9.17, 15) is 4.79 Å². The Kier molecular flexibility index (Phi) is 9.04. The number of methoxy groups -OCH3 is 1. The van der Waals surface area contributed by atoms with Crippen molar-refractivity contribution in [2.24, 2.45) is 5.92 Å². The molecule has 4 rings (SSSR count). The highest BCUT2D eigenvalue weighted by molar-refractivity contribution is 5.94. The maximum absolute atomic E-state index is 13.0. The number of aryl methyl sites for hydroxylation is 1. The molecule has 37 heavy (non-hydrogen) atoms. The Morgan fingerprint density at radius 3 is 2.24 bits per heavy atom. The number of hydrogen-bond acceptors (Lipinski definition) is 3. The lowest BCUT2D eigenvalue weighted by molar-refractivity contribution is 0.0939. The molecule has 1 atom stereocenters. The monoisotopic (exact) mass is 498 g/mol. The van der Waals surface area contributed by atoms with Gasteiger partial charge in [-0.15, -0.1) is 0 Å². The van der Waals surface area contributed by atoms with Gasteiger partial charge in [0.05, 0.1) is 13.2 Å². The molecule has 1 heterocycles. The minimum absolute atomic E-state index is 0.0397. The fourth-order valence-corrected chi connectivity index (χ4v) is 5.48. The maximum Gasteiger partial charge on any atom is 0.251 e. The summed E-state index contributed by atoms with van der Waals surface area (Å²) >= 11 is 0. The van der Waals surface area contributed by atoms with Crippen molar-refractivity contribution < 1.29 is 9.53 Å². The lowest BCUT2D eigenvalue weighted by Crippen LogP contribution is -2.33. The van der Waals surface area contributed by atoms with Crippen LogP contribution < -0.4 is 10.1 Å². The summed E-state index contributed by atoms with van der Waals surface area (Å²) < 4.78 is 5.58. The van der Waals surface area contributed by atoms with Gasteiger partial charge in [-0.2, -0.15) is 0 Å². The number of nitrogens with one attached hydrogen (secondary N) is 1. The van der Waals surface area contributed by atoms with Crippen LogP contribution in [0.5, 0.6) is 5.75 Å². The first kappa shape index (κ1) is 26.9. The summed E-state index contributed by atoms with van der Waals surface area (Å²) in [6.07, 6.45) is 3.68. The first-order valence-corrected chi connectivity index (χ1v) is 13.7. The molecule has 0 saturated carbocycles. The van der Waals surface area contributed by atoms with Crippen LogP contribution in [0.25, 0.3) is 0 Å². The zero-order chi connectivity index (χ0) is 26.4. The Hall–Kier alpha value is -3.11. The molecule has 1 aliphatic heterocycles. The zero-order valence-electron chi connectivity index (χ0n) is 23.1. The molecule has 0 radical (unpaired) electrons.